The van der Waals surface area contributed by atoms with Gasteiger partial charge in [0.1, 0.15) is 0 Å². The van der Waals surface area contributed by atoms with Crippen LogP contribution in [0.4, 0.5) is 5.69 Å². The van der Waals surface area contributed by atoms with Crippen LogP contribution in [0.15, 0.2) is 18.2 Å². The Morgan fingerprint density at radius 1 is 1.21 bits per heavy atom. The molecule has 110 valence electrons. The minimum absolute atomic E-state index is 0. The molecule has 0 bridgehead atoms. The van der Waals surface area contributed by atoms with Crippen LogP contribution >= 0.6 is 24.8 Å². The van der Waals surface area contributed by atoms with Crippen molar-refractivity contribution < 1.29 is 4.79 Å². The molecule has 6 heteroatoms. The third-order valence-electron chi connectivity index (χ3n) is 2.61. The van der Waals surface area contributed by atoms with Crippen molar-refractivity contribution in [3.63, 3.8) is 0 Å². The lowest BCUT2D eigenvalue weighted by molar-refractivity contribution is -0.119. The first-order valence-corrected chi connectivity index (χ1v) is 5.92. The number of anilines is 1. The molecule has 0 fully saturated rings. The van der Waals surface area contributed by atoms with Crippen LogP contribution in [0.5, 0.6) is 0 Å². The molecule has 1 aromatic rings. The smallest absolute Gasteiger partial charge is 0.239 e. The van der Waals surface area contributed by atoms with E-state index in [1.807, 2.05) is 32.0 Å². The molecule has 1 rings (SSSR count). The Labute approximate surface area is 127 Å². The molecule has 0 aliphatic rings. The van der Waals surface area contributed by atoms with E-state index in [0.717, 1.165) is 23.2 Å². The van der Waals surface area contributed by atoms with Crippen molar-refractivity contribution in [1.29, 1.82) is 0 Å². The summed E-state index contributed by atoms with van der Waals surface area (Å²) in [4.78, 5) is 11.5. The van der Waals surface area contributed by atoms with Gasteiger partial charge in [-0.15, -0.1) is 24.8 Å². The lowest BCUT2D eigenvalue weighted by atomic mass is 10.1. The molecule has 0 atom stereocenters. The van der Waals surface area contributed by atoms with E-state index in [0.29, 0.717) is 19.6 Å². The third kappa shape index (κ3) is 7.25. The van der Waals surface area contributed by atoms with Crippen LogP contribution in [0.25, 0.3) is 0 Å². The largest absolute Gasteiger partial charge is 0.376 e. The van der Waals surface area contributed by atoms with Crippen molar-refractivity contribution in [3.8, 4) is 0 Å². The van der Waals surface area contributed by atoms with Gasteiger partial charge in [0.25, 0.3) is 0 Å². The zero-order valence-electron chi connectivity index (χ0n) is 11.4. The number of benzene rings is 1. The highest BCUT2D eigenvalue weighted by Gasteiger charge is 2.04. The second kappa shape index (κ2) is 10.9. The van der Waals surface area contributed by atoms with Crippen LogP contribution < -0.4 is 16.4 Å². The Morgan fingerprint density at radius 2 is 1.79 bits per heavy atom. The van der Waals surface area contributed by atoms with Crippen LogP contribution in [-0.2, 0) is 4.79 Å². The van der Waals surface area contributed by atoms with Crippen LogP contribution in [-0.4, -0.2) is 25.5 Å². The molecule has 0 radical (unpaired) electrons. The zero-order chi connectivity index (χ0) is 12.7. The average Bonchev–Trinajstić information content (AvgIpc) is 2.29. The van der Waals surface area contributed by atoms with Crippen molar-refractivity contribution in [3.05, 3.63) is 29.3 Å². The van der Waals surface area contributed by atoms with E-state index in [1.165, 1.54) is 0 Å². The Balaban J connectivity index is 0. The van der Waals surface area contributed by atoms with E-state index in [4.69, 9.17) is 5.73 Å². The third-order valence-corrected chi connectivity index (χ3v) is 2.61. The maximum absolute atomic E-state index is 11.5. The topological polar surface area (TPSA) is 67.2 Å². The van der Waals surface area contributed by atoms with E-state index in [1.54, 1.807) is 0 Å². The molecule has 0 saturated heterocycles. The van der Waals surface area contributed by atoms with Gasteiger partial charge in [0.2, 0.25) is 5.91 Å². The van der Waals surface area contributed by atoms with Crippen molar-refractivity contribution in [2.24, 2.45) is 5.73 Å². The second-order valence-corrected chi connectivity index (χ2v) is 4.11. The van der Waals surface area contributed by atoms with Crippen molar-refractivity contribution in [1.82, 2.24) is 5.32 Å². The fourth-order valence-corrected chi connectivity index (χ4v) is 1.65. The summed E-state index contributed by atoms with van der Waals surface area (Å²) in [6.45, 7) is 5.61. The Morgan fingerprint density at radius 3 is 2.32 bits per heavy atom. The number of para-hydroxylation sites is 1. The number of nitrogens with one attached hydrogen (secondary N) is 2. The molecule has 0 aliphatic carbocycles. The van der Waals surface area contributed by atoms with Gasteiger partial charge in [0.05, 0.1) is 6.54 Å². The molecule has 1 amide bonds. The number of nitrogens with two attached hydrogens (primary N) is 1. The number of amides is 1. The first-order chi connectivity index (χ1) is 8.15. The number of carbonyl (C=O) groups is 1. The van der Waals surface area contributed by atoms with Crippen molar-refractivity contribution in [2.75, 3.05) is 25.0 Å². The fourth-order valence-electron chi connectivity index (χ4n) is 1.65. The fraction of sp³-hybridized carbons (Fsp3) is 0.462. The molecule has 4 N–H and O–H groups in total. The molecular weight excluding hydrogens is 285 g/mol. The van der Waals surface area contributed by atoms with E-state index in [-0.39, 0.29) is 30.7 Å². The molecule has 19 heavy (non-hydrogen) atoms. The maximum atomic E-state index is 11.5. The molecule has 4 nitrogen and oxygen atoms in total. The number of hydrogen-bond donors (Lipinski definition) is 3. The van der Waals surface area contributed by atoms with Crippen LogP contribution in [0.3, 0.4) is 0 Å². The van der Waals surface area contributed by atoms with Crippen LogP contribution in [0.2, 0.25) is 0 Å². The van der Waals surface area contributed by atoms with Gasteiger partial charge in [-0.2, -0.15) is 0 Å². The van der Waals surface area contributed by atoms with Crippen molar-refractivity contribution in [2.45, 2.75) is 20.3 Å². The highest BCUT2D eigenvalue weighted by Crippen LogP contribution is 2.18. The molecule has 1 aromatic carbocycles. The summed E-state index contributed by atoms with van der Waals surface area (Å²) in [5, 5.41) is 5.98. The minimum atomic E-state index is 0. The predicted octanol–water partition coefficient (Wildman–Crippen LogP) is 2.02. The number of halogens is 2. The molecule has 0 unspecified atom stereocenters. The standard InChI is InChI=1S/C13H21N3O.2ClH/c1-10-5-3-6-11(2)13(10)16-9-12(17)15-8-4-7-14;;/h3,5-6,16H,4,7-9,14H2,1-2H3,(H,15,17);2*1H. The van der Waals surface area contributed by atoms with E-state index < -0.39 is 0 Å². The van der Waals surface area contributed by atoms with Crippen LogP contribution in [0.1, 0.15) is 17.5 Å². The van der Waals surface area contributed by atoms with Gasteiger partial charge in [-0.25, -0.2) is 0 Å². The summed E-state index contributed by atoms with van der Waals surface area (Å²) < 4.78 is 0. The summed E-state index contributed by atoms with van der Waals surface area (Å²) in [5.74, 6) is 0.00102. The second-order valence-electron chi connectivity index (χ2n) is 4.11. The molecule has 0 heterocycles. The quantitative estimate of drug-likeness (QED) is 0.704. The molecule has 0 aliphatic heterocycles. The van der Waals surface area contributed by atoms with E-state index >= 15 is 0 Å². The molecule has 0 saturated carbocycles. The van der Waals surface area contributed by atoms with E-state index in [2.05, 4.69) is 10.6 Å². The molecule has 0 aromatic heterocycles. The summed E-state index contributed by atoms with van der Waals surface area (Å²) in [7, 11) is 0. The van der Waals surface area contributed by atoms with Crippen molar-refractivity contribution >= 4 is 36.4 Å². The van der Waals surface area contributed by atoms with Gasteiger partial charge in [-0.1, -0.05) is 18.2 Å². The van der Waals surface area contributed by atoms with Gasteiger partial charge in [0, 0.05) is 12.2 Å². The zero-order valence-corrected chi connectivity index (χ0v) is 13.0. The maximum Gasteiger partial charge on any atom is 0.239 e. The Hall–Kier alpha value is -0.970. The average molecular weight is 308 g/mol. The number of hydrogen-bond acceptors (Lipinski definition) is 3. The highest BCUT2D eigenvalue weighted by atomic mass is 35.5. The predicted molar refractivity (Wildman–Crippen MR) is 85.6 cm³/mol. The summed E-state index contributed by atoms with van der Waals surface area (Å²) in [5.41, 5.74) is 8.70. The Kier molecular flexibility index (Phi) is 11.7. The normalized spacial score (nSPS) is 9.00. The van der Waals surface area contributed by atoms with Gasteiger partial charge in [-0.05, 0) is 37.9 Å². The van der Waals surface area contributed by atoms with Gasteiger partial charge in [0.15, 0.2) is 0 Å². The summed E-state index contributed by atoms with van der Waals surface area (Å²) in [6.07, 6.45) is 0.815. The van der Waals surface area contributed by atoms with Crippen LogP contribution in [0, 0.1) is 13.8 Å². The molecular formula is C13H23Cl2N3O. The van der Waals surface area contributed by atoms with Gasteiger partial charge in [-0.3, -0.25) is 4.79 Å². The van der Waals surface area contributed by atoms with Gasteiger partial charge < -0.3 is 16.4 Å². The minimum Gasteiger partial charge on any atom is -0.376 e. The van der Waals surface area contributed by atoms with E-state index in [9.17, 15) is 4.79 Å². The first-order valence-electron chi connectivity index (χ1n) is 5.92. The monoisotopic (exact) mass is 307 g/mol. The number of carbonyl (C=O) groups excluding carboxylic acids is 1. The molecule has 0 spiro atoms. The number of rotatable bonds is 6. The van der Waals surface area contributed by atoms with Gasteiger partial charge >= 0.3 is 0 Å². The first kappa shape index (κ1) is 20.3. The number of aryl methyl sites for hydroxylation is 2. The summed E-state index contributed by atoms with van der Waals surface area (Å²) in [6, 6.07) is 6.07. The lowest BCUT2D eigenvalue weighted by Gasteiger charge is -2.12. The SMILES string of the molecule is Cc1cccc(C)c1NCC(=O)NCCCN.Cl.Cl. The highest BCUT2D eigenvalue weighted by molar-refractivity contribution is 5.85. The summed E-state index contributed by atoms with van der Waals surface area (Å²) >= 11 is 0. The lowest BCUT2D eigenvalue weighted by Crippen LogP contribution is -2.31. The Bertz CT molecular complexity index is 366.